The van der Waals surface area contributed by atoms with Crippen LogP contribution in [0.2, 0.25) is 0 Å². The Kier molecular flexibility index (Phi) is 4.34. The molecule has 118 valence electrons. The Morgan fingerprint density at radius 2 is 1.86 bits per heavy atom. The molecule has 0 saturated carbocycles. The molecule has 1 atom stereocenters. The zero-order valence-electron chi connectivity index (χ0n) is 12.5. The molecular weight excluding hydrogens is 294 g/mol. The van der Waals surface area contributed by atoms with Crippen molar-refractivity contribution in [1.29, 1.82) is 0 Å². The number of phenolic OH excluding ortho intramolecular Hbond substituents is 1. The van der Waals surface area contributed by atoms with Crippen molar-refractivity contribution in [2.75, 3.05) is 25.7 Å². The lowest BCUT2D eigenvalue weighted by Gasteiger charge is -2.24. The number of aromatic hydroxyl groups is 1. The highest BCUT2D eigenvalue weighted by Crippen LogP contribution is 2.37. The molecule has 21 heavy (non-hydrogen) atoms. The van der Waals surface area contributed by atoms with Crippen LogP contribution in [-0.2, 0) is 16.4 Å². The fraction of sp³-hybridized carbons (Fsp3) is 0.571. The number of phenols is 1. The van der Waals surface area contributed by atoms with E-state index in [9.17, 15) is 13.5 Å². The van der Waals surface area contributed by atoms with E-state index in [0.717, 1.165) is 5.56 Å². The summed E-state index contributed by atoms with van der Waals surface area (Å²) >= 11 is 0. The second-order valence-electron chi connectivity index (χ2n) is 5.61. The summed E-state index contributed by atoms with van der Waals surface area (Å²) in [6, 6.07) is 3.41. The second-order valence-corrected chi connectivity index (χ2v) is 7.79. The first kappa shape index (κ1) is 15.9. The second kappa shape index (κ2) is 5.73. The van der Waals surface area contributed by atoms with E-state index >= 15 is 0 Å². The predicted octanol–water partition coefficient (Wildman–Crippen LogP) is 1.08. The first-order valence-corrected chi connectivity index (χ1v) is 8.50. The number of methoxy groups -OCH3 is 2. The van der Waals surface area contributed by atoms with Gasteiger partial charge in [0.05, 0.1) is 25.7 Å². The molecule has 0 radical (unpaired) electrons. The third kappa shape index (κ3) is 3.59. The van der Waals surface area contributed by atoms with Crippen LogP contribution in [0.3, 0.4) is 0 Å². The number of rotatable bonds is 5. The van der Waals surface area contributed by atoms with Crippen LogP contribution in [0.1, 0.15) is 18.9 Å². The van der Waals surface area contributed by atoms with Crippen molar-refractivity contribution in [2.45, 2.75) is 25.4 Å². The van der Waals surface area contributed by atoms with Crippen LogP contribution in [-0.4, -0.2) is 44.8 Å². The largest absolute Gasteiger partial charge is 0.502 e. The molecule has 1 saturated heterocycles. The zero-order valence-corrected chi connectivity index (χ0v) is 13.3. The van der Waals surface area contributed by atoms with Crippen molar-refractivity contribution in [3.8, 4) is 17.2 Å². The molecule has 1 aliphatic heterocycles. The van der Waals surface area contributed by atoms with E-state index < -0.39 is 15.4 Å². The van der Waals surface area contributed by atoms with Crippen LogP contribution < -0.4 is 14.8 Å². The lowest BCUT2D eigenvalue weighted by Crippen LogP contribution is -2.42. The fourth-order valence-electron chi connectivity index (χ4n) is 2.52. The first-order chi connectivity index (χ1) is 9.78. The topological polar surface area (TPSA) is 84.9 Å². The predicted molar refractivity (Wildman–Crippen MR) is 79.7 cm³/mol. The molecule has 1 aliphatic rings. The van der Waals surface area contributed by atoms with Crippen molar-refractivity contribution in [2.24, 2.45) is 0 Å². The molecule has 0 aromatic heterocycles. The van der Waals surface area contributed by atoms with Crippen LogP contribution >= 0.6 is 0 Å². The standard InChI is InChI=1S/C14H21NO5S/c1-14(4-5-21(17,18)9-14)15-8-10-6-11(19-2)13(16)12(7-10)20-3/h6-7,15-16H,4-5,8-9H2,1-3H3. The van der Waals surface area contributed by atoms with Crippen LogP contribution in [0.15, 0.2) is 12.1 Å². The molecule has 0 amide bonds. The summed E-state index contributed by atoms with van der Waals surface area (Å²) in [6.07, 6.45) is 0.599. The van der Waals surface area contributed by atoms with Gasteiger partial charge >= 0.3 is 0 Å². The monoisotopic (exact) mass is 315 g/mol. The molecule has 1 aromatic rings. The van der Waals surface area contributed by atoms with E-state index in [0.29, 0.717) is 24.5 Å². The van der Waals surface area contributed by atoms with Crippen LogP contribution in [0.25, 0.3) is 0 Å². The molecule has 1 fully saturated rings. The van der Waals surface area contributed by atoms with Gasteiger partial charge in [-0.3, -0.25) is 0 Å². The number of nitrogens with one attached hydrogen (secondary N) is 1. The van der Waals surface area contributed by atoms with Gasteiger partial charge in [0, 0.05) is 12.1 Å². The van der Waals surface area contributed by atoms with Crippen molar-refractivity contribution in [3.63, 3.8) is 0 Å². The third-order valence-electron chi connectivity index (χ3n) is 3.76. The summed E-state index contributed by atoms with van der Waals surface area (Å²) in [6.45, 7) is 2.38. The molecule has 1 heterocycles. The zero-order chi connectivity index (χ0) is 15.7. The van der Waals surface area contributed by atoms with Crippen molar-refractivity contribution >= 4 is 9.84 Å². The average molecular weight is 315 g/mol. The smallest absolute Gasteiger partial charge is 0.200 e. The Balaban J connectivity index is 2.14. The molecule has 6 nitrogen and oxygen atoms in total. The van der Waals surface area contributed by atoms with Gasteiger partial charge in [-0.1, -0.05) is 0 Å². The maximum atomic E-state index is 11.6. The van der Waals surface area contributed by atoms with E-state index in [-0.39, 0.29) is 17.3 Å². The van der Waals surface area contributed by atoms with E-state index in [2.05, 4.69) is 5.32 Å². The maximum Gasteiger partial charge on any atom is 0.200 e. The van der Waals surface area contributed by atoms with Gasteiger partial charge in [-0.05, 0) is 31.0 Å². The molecule has 2 rings (SSSR count). The normalized spacial score (nSPS) is 24.0. The lowest BCUT2D eigenvalue weighted by atomic mass is 10.0. The SMILES string of the molecule is COc1cc(CNC2(C)CCS(=O)(=O)C2)cc(OC)c1O. The number of benzene rings is 1. The minimum atomic E-state index is -2.94. The first-order valence-electron chi connectivity index (χ1n) is 6.68. The maximum absolute atomic E-state index is 11.6. The Morgan fingerprint density at radius 1 is 1.29 bits per heavy atom. The van der Waals surface area contributed by atoms with E-state index in [1.165, 1.54) is 14.2 Å². The van der Waals surface area contributed by atoms with Gasteiger partial charge in [0.25, 0.3) is 0 Å². The molecule has 0 aliphatic carbocycles. The van der Waals surface area contributed by atoms with Gasteiger partial charge in [-0.15, -0.1) is 0 Å². The van der Waals surface area contributed by atoms with Gasteiger partial charge < -0.3 is 19.9 Å². The molecule has 0 bridgehead atoms. The summed E-state index contributed by atoms with van der Waals surface area (Å²) < 4.78 is 33.4. The lowest BCUT2D eigenvalue weighted by molar-refractivity contribution is 0.337. The van der Waals surface area contributed by atoms with Gasteiger partial charge in [0.2, 0.25) is 5.75 Å². The van der Waals surface area contributed by atoms with Gasteiger partial charge in [0.1, 0.15) is 0 Å². The average Bonchev–Trinajstić information content (AvgIpc) is 2.72. The van der Waals surface area contributed by atoms with Crippen LogP contribution in [0, 0.1) is 0 Å². The number of hydrogen-bond donors (Lipinski definition) is 2. The molecule has 2 N–H and O–H groups in total. The fourth-order valence-corrected chi connectivity index (χ4v) is 4.64. The van der Waals surface area contributed by atoms with Gasteiger partial charge in [0.15, 0.2) is 21.3 Å². The van der Waals surface area contributed by atoms with Crippen LogP contribution in [0.4, 0.5) is 0 Å². The Bertz CT molecular complexity index is 603. The highest BCUT2D eigenvalue weighted by molar-refractivity contribution is 7.91. The molecule has 7 heteroatoms. The van der Waals surface area contributed by atoms with Gasteiger partial charge in [-0.25, -0.2) is 8.42 Å². The number of ether oxygens (including phenoxy) is 2. The van der Waals surface area contributed by atoms with E-state index in [4.69, 9.17) is 9.47 Å². The van der Waals surface area contributed by atoms with Crippen molar-refractivity contribution in [1.82, 2.24) is 5.32 Å². The minimum absolute atomic E-state index is 0.0431. The number of hydrogen-bond acceptors (Lipinski definition) is 6. The highest BCUT2D eigenvalue weighted by atomic mass is 32.2. The van der Waals surface area contributed by atoms with E-state index in [1.807, 2.05) is 6.92 Å². The van der Waals surface area contributed by atoms with E-state index in [1.54, 1.807) is 12.1 Å². The quantitative estimate of drug-likeness (QED) is 0.846. The summed E-state index contributed by atoms with van der Waals surface area (Å²) in [5.74, 6) is 0.981. The van der Waals surface area contributed by atoms with Crippen molar-refractivity contribution < 1.29 is 23.0 Å². The summed E-state index contributed by atoms with van der Waals surface area (Å²) in [4.78, 5) is 0. The molecular formula is C14H21NO5S. The summed E-state index contributed by atoms with van der Waals surface area (Å²) in [7, 11) is -0.00494. The third-order valence-corrected chi connectivity index (χ3v) is 5.67. The minimum Gasteiger partial charge on any atom is -0.502 e. The van der Waals surface area contributed by atoms with Crippen molar-refractivity contribution in [3.05, 3.63) is 17.7 Å². The Hall–Kier alpha value is -1.47. The highest BCUT2D eigenvalue weighted by Gasteiger charge is 2.37. The molecule has 0 spiro atoms. The number of sulfone groups is 1. The Labute approximate surface area is 125 Å². The van der Waals surface area contributed by atoms with Crippen LogP contribution in [0.5, 0.6) is 17.2 Å². The molecule has 1 aromatic carbocycles. The summed E-state index contributed by atoms with van der Waals surface area (Å²) in [5.41, 5.74) is 0.434. The van der Waals surface area contributed by atoms with Gasteiger partial charge in [-0.2, -0.15) is 0 Å². The summed E-state index contributed by atoms with van der Waals surface area (Å²) in [5, 5.41) is 13.1. The molecule has 1 unspecified atom stereocenters. The Morgan fingerprint density at radius 3 is 2.29 bits per heavy atom.